The van der Waals surface area contributed by atoms with Gasteiger partial charge in [-0.05, 0) is 69.1 Å². The fourth-order valence-electron chi connectivity index (χ4n) is 3.91. The van der Waals surface area contributed by atoms with Crippen LogP contribution >= 0.6 is 0 Å². The summed E-state index contributed by atoms with van der Waals surface area (Å²) >= 11 is 0. The van der Waals surface area contributed by atoms with Crippen LogP contribution in [0.2, 0.25) is 0 Å². The maximum absolute atomic E-state index is 11.6. The zero-order valence-electron chi connectivity index (χ0n) is 17.2. The molecule has 0 aliphatic carbocycles. The first kappa shape index (κ1) is 20.4. The molecule has 0 aromatic carbocycles. The SMILES string of the molecule is CC(=O)C[C@@H](CCCCCCc1ccc2c(n1)NCCC2)c1cnc(C)nc1. The summed E-state index contributed by atoms with van der Waals surface area (Å²) in [5, 5.41) is 3.41. The Morgan fingerprint density at radius 3 is 2.71 bits per heavy atom. The van der Waals surface area contributed by atoms with Crippen molar-refractivity contribution in [2.45, 2.75) is 77.6 Å². The molecule has 0 radical (unpaired) electrons. The third kappa shape index (κ3) is 6.11. The number of hydrogen-bond donors (Lipinski definition) is 1. The van der Waals surface area contributed by atoms with Crippen molar-refractivity contribution >= 4 is 11.6 Å². The molecule has 0 bridgehead atoms. The van der Waals surface area contributed by atoms with Crippen LogP contribution in [0.1, 0.15) is 80.4 Å². The van der Waals surface area contributed by atoms with Gasteiger partial charge in [0.25, 0.3) is 0 Å². The molecular weight excluding hydrogens is 348 g/mol. The number of pyridine rings is 1. The first-order valence-corrected chi connectivity index (χ1v) is 10.6. The molecule has 0 amide bonds. The second kappa shape index (κ2) is 10.3. The number of nitrogens with one attached hydrogen (secondary N) is 1. The minimum absolute atomic E-state index is 0.234. The molecule has 1 atom stereocenters. The Bertz CT molecular complexity index is 773. The van der Waals surface area contributed by atoms with E-state index in [9.17, 15) is 4.79 Å². The van der Waals surface area contributed by atoms with E-state index in [1.807, 2.05) is 19.3 Å². The molecule has 0 spiro atoms. The molecule has 150 valence electrons. The number of hydrogen-bond acceptors (Lipinski definition) is 5. The first-order valence-electron chi connectivity index (χ1n) is 10.6. The van der Waals surface area contributed by atoms with Crippen molar-refractivity contribution in [2.24, 2.45) is 0 Å². The number of unbranched alkanes of at least 4 members (excludes halogenated alkanes) is 3. The number of anilines is 1. The van der Waals surface area contributed by atoms with Gasteiger partial charge in [0.2, 0.25) is 0 Å². The number of aromatic nitrogens is 3. The molecule has 28 heavy (non-hydrogen) atoms. The summed E-state index contributed by atoms with van der Waals surface area (Å²) in [5.41, 5.74) is 3.64. The van der Waals surface area contributed by atoms with Crippen molar-refractivity contribution in [1.29, 1.82) is 0 Å². The Balaban J connectivity index is 1.40. The van der Waals surface area contributed by atoms with Crippen LogP contribution in [-0.4, -0.2) is 27.3 Å². The monoisotopic (exact) mass is 380 g/mol. The van der Waals surface area contributed by atoms with Crippen LogP contribution in [0.3, 0.4) is 0 Å². The molecule has 2 aromatic rings. The molecule has 3 heterocycles. The lowest BCUT2D eigenvalue weighted by Gasteiger charge is -2.17. The molecule has 5 nitrogen and oxygen atoms in total. The van der Waals surface area contributed by atoms with Gasteiger partial charge in [0.05, 0.1) is 0 Å². The van der Waals surface area contributed by atoms with Crippen molar-refractivity contribution < 1.29 is 4.79 Å². The minimum atomic E-state index is 0.234. The first-order chi connectivity index (χ1) is 13.6. The van der Waals surface area contributed by atoms with Crippen molar-refractivity contribution in [1.82, 2.24) is 15.0 Å². The maximum Gasteiger partial charge on any atom is 0.130 e. The van der Waals surface area contributed by atoms with Gasteiger partial charge in [-0.2, -0.15) is 0 Å². The summed E-state index contributed by atoms with van der Waals surface area (Å²) in [6.07, 6.45) is 13.4. The second-order valence-electron chi connectivity index (χ2n) is 7.96. The van der Waals surface area contributed by atoms with Gasteiger partial charge in [0.15, 0.2) is 0 Å². The number of carbonyl (C=O) groups is 1. The lowest BCUT2D eigenvalue weighted by Crippen LogP contribution is -2.13. The smallest absolute Gasteiger partial charge is 0.130 e. The highest BCUT2D eigenvalue weighted by atomic mass is 16.1. The molecule has 1 aliphatic rings. The van der Waals surface area contributed by atoms with Crippen molar-refractivity contribution in [3.63, 3.8) is 0 Å². The van der Waals surface area contributed by atoms with Gasteiger partial charge in [-0.15, -0.1) is 0 Å². The van der Waals surface area contributed by atoms with E-state index in [4.69, 9.17) is 4.98 Å². The van der Waals surface area contributed by atoms with E-state index >= 15 is 0 Å². The summed E-state index contributed by atoms with van der Waals surface area (Å²) in [4.78, 5) is 25.0. The Hall–Kier alpha value is -2.30. The van der Waals surface area contributed by atoms with E-state index in [1.54, 1.807) is 6.92 Å². The Labute approximate surface area is 168 Å². The molecule has 0 fully saturated rings. The van der Waals surface area contributed by atoms with E-state index < -0.39 is 0 Å². The highest BCUT2D eigenvalue weighted by Crippen LogP contribution is 2.26. The number of rotatable bonds is 10. The van der Waals surface area contributed by atoms with Crippen LogP contribution in [0.15, 0.2) is 24.5 Å². The van der Waals surface area contributed by atoms with E-state index in [0.29, 0.717) is 6.42 Å². The lowest BCUT2D eigenvalue weighted by molar-refractivity contribution is -0.117. The van der Waals surface area contributed by atoms with Gasteiger partial charge in [-0.3, -0.25) is 0 Å². The highest BCUT2D eigenvalue weighted by molar-refractivity contribution is 5.76. The van der Waals surface area contributed by atoms with E-state index in [2.05, 4.69) is 27.4 Å². The standard InChI is InChI=1S/C23H32N4O/c1-17(28)14-20(21-15-25-18(2)26-16-21)8-5-3-4-6-10-22-12-11-19-9-7-13-24-23(19)27-22/h11-12,15-16,20H,3-10,13-14H2,1-2H3,(H,24,27)/t20-/m1/s1. The maximum atomic E-state index is 11.6. The van der Waals surface area contributed by atoms with Crippen LogP contribution in [0.25, 0.3) is 0 Å². The predicted molar refractivity (Wildman–Crippen MR) is 113 cm³/mol. The van der Waals surface area contributed by atoms with Crippen LogP contribution in [-0.2, 0) is 17.6 Å². The Morgan fingerprint density at radius 1 is 1.14 bits per heavy atom. The van der Waals surface area contributed by atoms with Crippen LogP contribution in [0.4, 0.5) is 5.82 Å². The van der Waals surface area contributed by atoms with E-state index in [-0.39, 0.29) is 11.7 Å². The number of aryl methyl sites for hydroxylation is 3. The third-order valence-electron chi connectivity index (χ3n) is 5.49. The summed E-state index contributed by atoms with van der Waals surface area (Å²) in [6.45, 7) is 4.59. The molecule has 1 N–H and O–H groups in total. The van der Waals surface area contributed by atoms with Gasteiger partial charge >= 0.3 is 0 Å². The van der Waals surface area contributed by atoms with Gasteiger partial charge in [0.1, 0.15) is 17.4 Å². The summed E-state index contributed by atoms with van der Waals surface area (Å²) < 4.78 is 0. The molecule has 3 rings (SSSR count). The van der Waals surface area contributed by atoms with Crippen molar-refractivity contribution in [2.75, 3.05) is 11.9 Å². The van der Waals surface area contributed by atoms with Crippen LogP contribution < -0.4 is 5.32 Å². The Morgan fingerprint density at radius 2 is 1.93 bits per heavy atom. The topological polar surface area (TPSA) is 67.8 Å². The van der Waals surface area contributed by atoms with E-state index in [0.717, 1.165) is 55.9 Å². The zero-order valence-corrected chi connectivity index (χ0v) is 17.2. The minimum Gasteiger partial charge on any atom is -0.370 e. The van der Waals surface area contributed by atoms with E-state index in [1.165, 1.54) is 30.5 Å². The number of ketones is 1. The van der Waals surface area contributed by atoms with Crippen molar-refractivity contribution in [3.8, 4) is 0 Å². The quantitative estimate of drug-likeness (QED) is 0.600. The number of carbonyl (C=O) groups excluding carboxylic acids is 1. The molecule has 0 saturated heterocycles. The summed E-state index contributed by atoms with van der Waals surface area (Å²) in [7, 11) is 0. The summed E-state index contributed by atoms with van der Waals surface area (Å²) in [6, 6.07) is 4.42. The zero-order chi connectivity index (χ0) is 19.8. The average Bonchev–Trinajstić information content (AvgIpc) is 2.70. The van der Waals surface area contributed by atoms with Crippen LogP contribution in [0, 0.1) is 6.92 Å². The summed E-state index contributed by atoms with van der Waals surface area (Å²) in [5.74, 6) is 2.34. The molecule has 0 unspecified atom stereocenters. The average molecular weight is 381 g/mol. The Kier molecular flexibility index (Phi) is 7.52. The van der Waals surface area contributed by atoms with Gasteiger partial charge in [-0.25, -0.2) is 15.0 Å². The molecule has 0 saturated carbocycles. The van der Waals surface area contributed by atoms with Crippen LogP contribution in [0.5, 0.6) is 0 Å². The second-order valence-corrected chi connectivity index (χ2v) is 7.96. The molecule has 5 heteroatoms. The van der Waals surface area contributed by atoms with Crippen molar-refractivity contribution in [3.05, 3.63) is 47.2 Å². The number of nitrogens with zero attached hydrogens (tertiary/aromatic N) is 3. The largest absolute Gasteiger partial charge is 0.370 e. The van der Waals surface area contributed by atoms with Gasteiger partial charge in [0, 0.05) is 31.1 Å². The fraction of sp³-hybridized carbons (Fsp3) is 0.565. The normalized spacial score (nSPS) is 14.2. The lowest BCUT2D eigenvalue weighted by atomic mass is 9.90. The number of fused-ring (bicyclic) bond motifs is 1. The third-order valence-corrected chi connectivity index (χ3v) is 5.49. The molecule has 2 aromatic heterocycles. The molecular formula is C23H32N4O. The highest BCUT2D eigenvalue weighted by Gasteiger charge is 2.15. The fourth-order valence-corrected chi connectivity index (χ4v) is 3.91. The van der Waals surface area contributed by atoms with Gasteiger partial charge < -0.3 is 10.1 Å². The number of Topliss-reactive ketones (excluding diaryl/α,β-unsaturated/α-hetero) is 1. The molecule has 1 aliphatic heterocycles. The van der Waals surface area contributed by atoms with Gasteiger partial charge in [-0.1, -0.05) is 25.3 Å². The predicted octanol–water partition coefficient (Wildman–Crippen LogP) is 4.79.